The first-order valence-electron chi connectivity index (χ1n) is 11.1. The minimum atomic E-state index is -1.28. The SMILES string of the molecule is CCCCCCCCOc1ccc(-c2ncc(OC[C@H](O)[C@H](F)CCC)cn2)cc1. The molecule has 166 valence electrons. The van der Waals surface area contributed by atoms with Crippen molar-refractivity contribution in [3.63, 3.8) is 0 Å². The fourth-order valence-corrected chi connectivity index (χ4v) is 3.07. The lowest BCUT2D eigenvalue weighted by Gasteiger charge is -2.15. The summed E-state index contributed by atoms with van der Waals surface area (Å²) < 4.78 is 24.8. The summed E-state index contributed by atoms with van der Waals surface area (Å²) in [6.45, 7) is 4.72. The highest BCUT2D eigenvalue weighted by atomic mass is 19.1. The first-order chi connectivity index (χ1) is 14.6. The van der Waals surface area contributed by atoms with Crippen LogP contribution in [0.5, 0.6) is 11.5 Å². The van der Waals surface area contributed by atoms with Crippen molar-refractivity contribution in [1.29, 1.82) is 0 Å². The number of nitrogens with zero attached hydrogens (tertiary/aromatic N) is 2. The maximum atomic E-state index is 13.6. The number of aromatic nitrogens is 2. The van der Waals surface area contributed by atoms with Crippen LogP contribution in [-0.4, -0.2) is 40.6 Å². The molecule has 0 saturated carbocycles. The van der Waals surface area contributed by atoms with Crippen LogP contribution in [0.4, 0.5) is 4.39 Å². The van der Waals surface area contributed by atoms with Crippen LogP contribution in [0.1, 0.15) is 65.2 Å². The van der Waals surface area contributed by atoms with Gasteiger partial charge < -0.3 is 14.6 Å². The fourth-order valence-electron chi connectivity index (χ4n) is 3.07. The highest BCUT2D eigenvalue weighted by Crippen LogP contribution is 2.21. The Balaban J connectivity index is 1.75. The average molecular weight is 419 g/mol. The van der Waals surface area contributed by atoms with Crippen molar-refractivity contribution in [3.8, 4) is 22.9 Å². The first-order valence-corrected chi connectivity index (χ1v) is 11.1. The monoisotopic (exact) mass is 418 g/mol. The third-order valence-electron chi connectivity index (χ3n) is 4.91. The molecule has 2 atom stereocenters. The Hall–Kier alpha value is -2.21. The van der Waals surface area contributed by atoms with Gasteiger partial charge in [0.15, 0.2) is 11.6 Å². The zero-order chi connectivity index (χ0) is 21.6. The molecule has 0 radical (unpaired) electrons. The summed E-state index contributed by atoms with van der Waals surface area (Å²) in [4.78, 5) is 8.59. The molecule has 1 aromatic heterocycles. The van der Waals surface area contributed by atoms with Gasteiger partial charge in [-0.3, -0.25) is 0 Å². The van der Waals surface area contributed by atoms with Gasteiger partial charge >= 0.3 is 0 Å². The van der Waals surface area contributed by atoms with E-state index in [4.69, 9.17) is 9.47 Å². The van der Waals surface area contributed by atoms with Crippen LogP contribution in [0, 0.1) is 0 Å². The highest BCUT2D eigenvalue weighted by Gasteiger charge is 2.18. The number of hydrogen-bond donors (Lipinski definition) is 1. The summed E-state index contributed by atoms with van der Waals surface area (Å²) >= 11 is 0. The number of unbranched alkanes of at least 4 members (excludes halogenated alkanes) is 5. The van der Waals surface area contributed by atoms with Crippen molar-refractivity contribution in [3.05, 3.63) is 36.7 Å². The normalized spacial score (nSPS) is 13.1. The van der Waals surface area contributed by atoms with Crippen molar-refractivity contribution < 1.29 is 19.0 Å². The summed E-state index contributed by atoms with van der Waals surface area (Å²) in [6, 6.07) is 7.70. The second kappa shape index (κ2) is 13.9. The van der Waals surface area contributed by atoms with Crippen molar-refractivity contribution in [1.82, 2.24) is 9.97 Å². The van der Waals surface area contributed by atoms with Gasteiger partial charge in [0.1, 0.15) is 24.6 Å². The van der Waals surface area contributed by atoms with Crippen LogP contribution >= 0.6 is 0 Å². The Kier molecular flexibility index (Phi) is 11.2. The molecular formula is C24H35FN2O3. The molecule has 6 heteroatoms. The molecule has 0 spiro atoms. The molecule has 5 nitrogen and oxygen atoms in total. The summed E-state index contributed by atoms with van der Waals surface area (Å²) in [5.74, 6) is 1.81. The lowest BCUT2D eigenvalue weighted by Crippen LogP contribution is -2.28. The van der Waals surface area contributed by atoms with E-state index in [0.717, 1.165) is 24.3 Å². The highest BCUT2D eigenvalue weighted by molar-refractivity contribution is 5.56. The Labute approximate surface area is 179 Å². The van der Waals surface area contributed by atoms with Crippen LogP contribution in [0.3, 0.4) is 0 Å². The molecule has 1 N–H and O–H groups in total. The largest absolute Gasteiger partial charge is 0.494 e. The van der Waals surface area contributed by atoms with Gasteiger partial charge in [0.05, 0.1) is 19.0 Å². The number of halogens is 1. The number of benzene rings is 1. The van der Waals surface area contributed by atoms with Crippen LogP contribution in [0.15, 0.2) is 36.7 Å². The fraction of sp³-hybridized carbons (Fsp3) is 0.583. The second-order valence-electron chi connectivity index (χ2n) is 7.57. The van der Waals surface area contributed by atoms with Crippen molar-refractivity contribution in [2.24, 2.45) is 0 Å². The number of aliphatic hydroxyl groups excluding tert-OH is 1. The van der Waals surface area contributed by atoms with Gasteiger partial charge in [0, 0.05) is 5.56 Å². The molecule has 1 aromatic carbocycles. The van der Waals surface area contributed by atoms with E-state index in [2.05, 4.69) is 16.9 Å². The number of aliphatic hydroxyl groups is 1. The van der Waals surface area contributed by atoms with E-state index in [1.165, 1.54) is 44.5 Å². The van der Waals surface area contributed by atoms with E-state index < -0.39 is 12.3 Å². The molecule has 0 amide bonds. The summed E-state index contributed by atoms with van der Waals surface area (Å²) in [6.07, 6.45) is 9.09. The Bertz CT molecular complexity index is 695. The van der Waals surface area contributed by atoms with E-state index in [9.17, 15) is 9.50 Å². The number of hydrogen-bond acceptors (Lipinski definition) is 5. The molecule has 0 aliphatic rings. The molecular weight excluding hydrogens is 383 g/mol. The summed E-state index contributed by atoms with van der Waals surface area (Å²) in [5.41, 5.74) is 0.875. The molecule has 0 unspecified atom stereocenters. The quantitative estimate of drug-likeness (QED) is 0.373. The molecule has 1 heterocycles. The third kappa shape index (κ3) is 8.66. The minimum Gasteiger partial charge on any atom is -0.494 e. The van der Waals surface area contributed by atoms with Gasteiger partial charge in [-0.2, -0.15) is 0 Å². The molecule has 0 aliphatic carbocycles. The molecule has 2 aromatic rings. The second-order valence-corrected chi connectivity index (χ2v) is 7.57. The maximum Gasteiger partial charge on any atom is 0.159 e. The van der Waals surface area contributed by atoms with Gasteiger partial charge in [0.2, 0.25) is 0 Å². The van der Waals surface area contributed by atoms with Gasteiger partial charge in [-0.05, 0) is 37.1 Å². The lowest BCUT2D eigenvalue weighted by atomic mass is 10.1. The predicted molar refractivity (Wildman–Crippen MR) is 118 cm³/mol. The van der Waals surface area contributed by atoms with Crippen molar-refractivity contribution in [2.45, 2.75) is 77.5 Å². The van der Waals surface area contributed by atoms with Crippen LogP contribution in [0.25, 0.3) is 11.4 Å². The van der Waals surface area contributed by atoms with E-state index in [1.807, 2.05) is 31.2 Å². The summed E-state index contributed by atoms with van der Waals surface area (Å²) in [7, 11) is 0. The molecule has 0 aliphatic heterocycles. The topological polar surface area (TPSA) is 64.5 Å². The Morgan fingerprint density at radius 2 is 1.53 bits per heavy atom. The van der Waals surface area contributed by atoms with E-state index >= 15 is 0 Å². The molecule has 0 saturated heterocycles. The number of alkyl halides is 1. The zero-order valence-corrected chi connectivity index (χ0v) is 18.2. The minimum absolute atomic E-state index is 0.117. The third-order valence-corrected chi connectivity index (χ3v) is 4.91. The van der Waals surface area contributed by atoms with Crippen molar-refractivity contribution >= 4 is 0 Å². The standard InChI is InChI=1S/C24H35FN2O3/c1-3-5-6-7-8-9-15-29-20-13-11-19(12-14-20)24-26-16-21(17-27-24)30-18-23(28)22(25)10-4-2/h11-14,16-17,22-23,28H,3-10,15,18H2,1-2H3/t22-,23+/m1/s1. The molecule has 30 heavy (non-hydrogen) atoms. The predicted octanol–water partition coefficient (Wildman–Crippen LogP) is 5.76. The Morgan fingerprint density at radius 3 is 2.20 bits per heavy atom. The van der Waals surface area contributed by atoms with E-state index in [0.29, 0.717) is 24.4 Å². The van der Waals surface area contributed by atoms with Crippen molar-refractivity contribution in [2.75, 3.05) is 13.2 Å². The maximum absolute atomic E-state index is 13.6. The van der Waals surface area contributed by atoms with Crippen LogP contribution in [-0.2, 0) is 0 Å². The van der Waals surface area contributed by atoms with E-state index in [-0.39, 0.29) is 6.61 Å². The first kappa shape index (κ1) is 24.1. The van der Waals surface area contributed by atoms with Crippen LogP contribution in [0.2, 0.25) is 0 Å². The molecule has 2 rings (SSSR count). The van der Waals surface area contributed by atoms with Gasteiger partial charge in [-0.1, -0.05) is 52.4 Å². The number of ether oxygens (including phenoxy) is 2. The van der Waals surface area contributed by atoms with Crippen LogP contribution < -0.4 is 9.47 Å². The molecule has 0 fully saturated rings. The molecule has 0 bridgehead atoms. The van der Waals surface area contributed by atoms with Gasteiger partial charge in [0.25, 0.3) is 0 Å². The zero-order valence-electron chi connectivity index (χ0n) is 18.2. The lowest BCUT2D eigenvalue weighted by molar-refractivity contribution is 0.0329. The Morgan fingerprint density at radius 1 is 0.867 bits per heavy atom. The van der Waals surface area contributed by atoms with Gasteiger partial charge in [-0.25, -0.2) is 14.4 Å². The summed E-state index contributed by atoms with van der Waals surface area (Å²) in [5, 5.41) is 9.74. The van der Waals surface area contributed by atoms with Gasteiger partial charge in [-0.15, -0.1) is 0 Å². The average Bonchev–Trinajstić information content (AvgIpc) is 2.78. The smallest absolute Gasteiger partial charge is 0.159 e. The number of rotatable bonds is 15. The van der Waals surface area contributed by atoms with E-state index in [1.54, 1.807) is 0 Å².